The van der Waals surface area contributed by atoms with Gasteiger partial charge in [0.2, 0.25) is 0 Å². The highest BCUT2D eigenvalue weighted by Crippen LogP contribution is 2.19. The van der Waals surface area contributed by atoms with Crippen molar-refractivity contribution in [3.05, 3.63) is 58.6 Å². The van der Waals surface area contributed by atoms with Gasteiger partial charge in [-0.3, -0.25) is 20.4 Å². The van der Waals surface area contributed by atoms with Crippen molar-refractivity contribution in [2.24, 2.45) is 0 Å². The van der Waals surface area contributed by atoms with Crippen LogP contribution < -0.4 is 20.3 Å². The molecule has 1 atom stereocenters. The highest BCUT2D eigenvalue weighted by Gasteiger charge is 2.17. The normalized spacial score (nSPS) is 11.3. The minimum absolute atomic E-state index is 0.320. The van der Waals surface area contributed by atoms with Gasteiger partial charge in [0.1, 0.15) is 11.5 Å². The zero-order chi connectivity index (χ0) is 17.5. The van der Waals surface area contributed by atoms with Crippen LogP contribution in [0.5, 0.6) is 11.5 Å². The third-order valence-corrected chi connectivity index (χ3v) is 3.62. The molecular formula is C17H17BrN2O4. The van der Waals surface area contributed by atoms with Crippen LogP contribution in [0, 0.1) is 0 Å². The highest BCUT2D eigenvalue weighted by molar-refractivity contribution is 9.10. The molecule has 6 nitrogen and oxygen atoms in total. The van der Waals surface area contributed by atoms with E-state index in [0.717, 1.165) is 4.47 Å². The first-order valence-electron chi connectivity index (χ1n) is 7.16. The zero-order valence-electron chi connectivity index (χ0n) is 13.2. The molecule has 7 heteroatoms. The van der Waals surface area contributed by atoms with Crippen LogP contribution >= 0.6 is 15.9 Å². The van der Waals surface area contributed by atoms with Crippen molar-refractivity contribution in [1.82, 2.24) is 10.9 Å². The van der Waals surface area contributed by atoms with Crippen LogP contribution in [0.3, 0.4) is 0 Å². The van der Waals surface area contributed by atoms with Crippen LogP contribution in [0.25, 0.3) is 0 Å². The second-order valence-electron chi connectivity index (χ2n) is 4.86. The summed E-state index contributed by atoms with van der Waals surface area (Å²) in [5.41, 5.74) is 5.00. The van der Waals surface area contributed by atoms with Crippen LogP contribution in [0.1, 0.15) is 17.3 Å². The number of hydrogen-bond donors (Lipinski definition) is 2. The first kappa shape index (κ1) is 17.8. The molecule has 0 unspecified atom stereocenters. The van der Waals surface area contributed by atoms with Crippen LogP contribution in [-0.2, 0) is 4.79 Å². The number of carbonyl (C=O) groups is 2. The summed E-state index contributed by atoms with van der Waals surface area (Å²) in [6, 6.07) is 13.9. The maximum Gasteiger partial charge on any atom is 0.279 e. The molecule has 0 bridgehead atoms. The largest absolute Gasteiger partial charge is 0.496 e. The fourth-order valence-corrected chi connectivity index (χ4v) is 2.30. The van der Waals surface area contributed by atoms with E-state index in [1.807, 2.05) is 6.07 Å². The number of nitrogens with one attached hydrogen (secondary N) is 2. The number of hydrogen-bond acceptors (Lipinski definition) is 4. The molecule has 0 aliphatic rings. The lowest BCUT2D eigenvalue weighted by Gasteiger charge is -2.15. The Kier molecular flexibility index (Phi) is 6.20. The van der Waals surface area contributed by atoms with E-state index in [2.05, 4.69) is 26.8 Å². The fourth-order valence-electron chi connectivity index (χ4n) is 1.92. The minimum Gasteiger partial charge on any atom is -0.496 e. The van der Waals surface area contributed by atoms with Crippen molar-refractivity contribution in [3.8, 4) is 11.5 Å². The molecular weight excluding hydrogens is 376 g/mol. The molecule has 0 radical (unpaired) electrons. The summed E-state index contributed by atoms with van der Waals surface area (Å²) in [6.07, 6.45) is -0.780. The Balaban J connectivity index is 1.91. The maximum absolute atomic E-state index is 12.1. The highest BCUT2D eigenvalue weighted by atomic mass is 79.9. The van der Waals surface area contributed by atoms with Gasteiger partial charge >= 0.3 is 0 Å². The molecule has 0 aromatic heterocycles. The zero-order valence-corrected chi connectivity index (χ0v) is 14.8. The summed E-state index contributed by atoms with van der Waals surface area (Å²) in [5, 5.41) is 0. The summed E-state index contributed by atoms with van der Waals surface area (Å²) in [6.45, 7) is 1.59. The monoisotopic (exact) mass is 392 g/mol. The topological polar surface area (TPSA) is 76.7 Å². The molecule has 24 heavy (non-hydrogen) atoms. The Hall–Kier alpha value is -2.54. The Morgan fingerprint density at radius 2 is 1.83 bits per heavy atom. The number of carbonyl (C=O) groups excluding carboxylic acids is 2. The van der Waals surface area contributed by atoms with Gasteiger partial charge in [0.25, 0.3) is 11.8 Å². The number of ether oxygens (including phenoxy) is 2. The summed E-state index contributed by atoms with van der Waals surface area (Å²) < 4.78 is 11.5. The Morgan fingerprint density at radius 3 is 2.54 bits per heavy atom. The summed E-state index contributed by atoms with van der Waals surface area (Å²) in [7, 11) is 1.47. The molecule has 0 saturated carbocycles. The third kappa shape index (κ3) is 4.73. The van der Waals surface area contributed by atoms with Crippen molar-refractivity contribution in [2.45, 2.75) is 13.0 Å². The fraction of sp³-hybridized carbons (Fsp3) is 0.176. The van der Waals surface area contributed by atoms with Gasteiger partial charge in [-0.15, -0.1) is 0 Å². The molecule has 0 fully saturated rings. The smallest absolute Gasteiger partial charge is 0.279 e. The predicted molar refractivity (Wildman–Crippen MR) is 92.8 cm³/mol. The second-order valence-corrected chi connectivity index (χ2v) is 5.78. The van der Waals surface area contributed by atoms with Gasteiger partial charge in [0.15, 0.2) is 6.10 Å². The van der Waals surface area contributed by atoms with Crippen molar-refractivity contribution >= 4 is 27.7 Å². The molecule has 0 saturated heterocycles. The molecule has 0 heterocycles. The summed E-state index contributed by atoms with van der Waals surface area (Å²) in [4.78, 5) is 24.1. The van der Waals surface area contributed by atoms with E-state index >= 15 is 0 Å². The minimum atomic E-state index is -0.780. The van der Waals surface area contributed by atoms with E-state index in [0.29, 0.717) is 17.1 Å². The molecule has 2 aromatic carbocycles. The number of benzene rings is 2. The second kappa shape index (κ2) is 8.35. The first-order valence-corrected chi connectivity index (χ1v) is 7.96. The van der Waals surface area contributed by atoms with E-state index in [9.17, 15) is 9.59 Å². The number of halogens is 1. The predicted octanol–water partition coefficient (Wildman–Crippen LogP) is 2.69. The molecule has 2 rings (SSSR count). The Labute approximate surface area is 148 Å². The van der Waals surface area contributed by atoms with Crippen molar-refractivity contribution in [1.29, 1.82) is 0 Å². The number of methoxy groups -OCH3 is 1. The van der Waals surface area contributed by atoms with E-state index < -0.39 is 17.9 Å². The van der Waals surface area contributed by atoms with E-state index in [1.54, 1.807) is 49.4 Å². The first-order chi connectivity index (χ1) is 11.5. The lowest BCUT2D eigenvalue weighted by atomic mass is 10.2. The number of amides is 2. The van der Waals surface area contributed by atoms with Crippen molar-refractivity contribution in [3.63, 3.8) is 0 Å². The molecule has 0 aliphatic carbocycles. The van der Waals surface area contributed by atoms with E-state index in [1.165, 1.54) is 7.11 Å². The average molecular weight is 393 g/mol. The van der Waals surface area contributed by atoms with Crippen LogP contribution in [0.15, 0.2) is 53.0 Å². The van der Waals surface area contributed by atoms with E-state index in [4.69, 9.17) is 9.47 Å². The summed E-state index contributed by atoms with van der Waals surface area (Å²) in [5.74, 6) is 0.0134. The maximum atomic E-state index is 12.1. The van der Waals surface area contributed by atoms with E-state index in [-0.39, 0.29) is 0 Å². The van der Waals surface area contributed by atoms with Gasteiger partial charge in [0.05, 0.1) is 12.7 Å². The van der Waals surface area contributed by atoms with Crippen LogP contribution in [-0.4, -0.2) is 25.0 Å². The Bertz CT molecular complexity index is 736. The van der Waals surface area contributed by atoms with Crippen molar-refractivity contribution < 1.29 is 19.1 Å². The van der Waals surface area contributed by atoms with Gasteiger partial charge in [0, 0.05) is 4.47 Å². The van der Waals surface area contributed by atoms with Gasteiger partial charge in [-0.05, 0) is 37.3 Å². The summed E-state index contributed by atoms with van der Waals surface area (Å²) >= 11 is 3.33. The molecule has 2 amide bonds. The average Bonchev–Trinajstić information content (AvgIpc) is 2.59. The molecule has 2 aromatic rings. The van der Waals surface area contributed by atoms with Gasteiger partial charge in [-0.2, -0.15) is 0 Å². The van der Waals surface area contributed by atoms with Gasteiger partial charge in [-0.25, -0.2) is 0 Å². The van der Waals surface area contributed by atoms with Crippen LogP contribution in [0.4, 0.5) is 0 Å². The molecule has 126 valence electrons. The molecule has 0 spiro atoms. The Morgan fingerprint density at radius 1 is 1.08 bits per heavy atom. The standard InChI is InChI=1S/C17H17BrN2O4/c1-11(24-13-7-5-6-12(18)10-13)16(21)19-20-17(22)14-8-3-4-9-15(14)23-2/h3-11H,1-2H3,(H,19,21)(H,20,22)/t11-/m0/s1. The third-order valence-electron chi connectivity index (χ3n) is 3.13. The quantitative estimate of drug-likeness (QED) is 0.766. The lowest BCUT2D eigenvalue weighted by molar-refractivity contribution is -0.128. The SMILES string of the molecule is COc1ccccc1C(=O)NNC(=O)[C@H](C)Oc1cccc(Br)c1. The van der Waals surface area contributed by atoms with Gasteiger partial charge in [-0.1, -0.05) is 34.1 Å². The van der Waals surface area contributed by atoms with Crippen LogP contribution in [0.2, 0.25) is 0 Å². The molecule has 0 aliphatic heterocycles. The van der Waals surface area contributed by atoms with Crippen molar-refractivity contribution in [2.75, 3.05) is 7.11 Å². The molecule has 2 N–H and O–H groups in total. The van der Waals surface area contributed by atoms with Gasteiger partial charge < -0.3 is 9.47 Å². The number of hydrazine groups is 1. The lowest BCUT2D eigenvalue weighted by Crippen LogP contribution is -2.47. The number of para-hydroxylation sites is 1. The number of rotatable bonds is 5.